The number of thiophene rings is 1. The SMILES string of the molecule is COc1cc(OC)cc([C@@H](c2cccs2)N2CCNCC2)c1. The van der Waals surface area contributed by atoms with Crippen LogP contribution in [0.15, 0.2) is 35.7 Å². The summed E-state index contributed by atoms with van der Waals surface area (Å²) in [6.07, 6.45) is 0. The average Bonchev–Trinajstić information content (AvgIpc) is 3.10. The minimum atomic E-state index is 0.256. The third kappa shape index (κ3) is 3.27. The van der Waals surface area contributed by atoms with Gasteiger partial charge in [0.05, 0.1) is 20.3 Å². The number of nitrogens with zero attached hydrogens (tertiary/aromatic N) is 1. The van der Waals surface area contributed by atoms with E-state index in [0.29, 0.717) is 0 Å². The Balaban J connectivity index is 2.01. The smallest absolute Gasteiger partial charge is 0.122 e. The summed E-state index contributed by atoms with van der Waals surface area (Å²) < 4.78 is 10.9. The molecular weight excluding hydrogens is 296 g/mol. The van der Waals surface area contributed by atoms with E-state index in [1.54, 1.807) is 25.6 Å². The minimum Gasteiger partial charge on any atom is -0.497 e. The van der Waals surface area contributed by atoms with Crippen LogP contribution in [-0.2, 0) is 0 Å². The van der Waals surface area contributed by atoms with Gasteiger partial charge in [-0.05, 0) is 29.1 Å². The molecule has 1 atom stereocenters. The van der Waals surface area contributed by atoms with Gasteiger partial charge in [-0.1, -0.05) is 6.07 Å². The van der Waals surface area contributed by atoms with Crippen molar-refractivity contribution in [2.24, 2.45) is 0 Å². The fraction of sp³-hybridized carbons (Fsp3) is 0.412. The second-order valence-corrected chi connectivity index (χ2v) is 6.33. The highest BCUT2D eigenvalue weighted by Gasteiger charge is 2.25. The standard InChI is InChI=1S/C17H22N2O2S/c1-20-14-10-13(11-15(12-14)21-2)17(16-4-3-9-22-16)19-7-5-18-6-8-19/h3-4,9-12,17-18H,5-8H2,1-2H3/t17-/m0/s1. The van der Waals surface area contributed by atoms with Gasteiger partial charge < -0.3 is 14.8 Å². The highest BCUT2D eigenvalue weighted by atomic mass is 32.1. The largest absolute Gasteiger partial charge is 0.497 e. The van der Waals surface area contributed by atoms with E-state index in [2.05, 4.69) is 39.9 Å². The molecule has 3 rings (SSSR count). The van der Waals surface area contributed by atoms with Gasteiger partial charge in [0.15, 0.2) is 0 Å². The first-order valence-electron chi connectivity index (χ1n) is 7.53. The summed E-state index contributed by atoms with van der Waals surface area (Å²) in [5, 5.41) is 5.56. The first kappa shape index (κ1) is 15.3. The van der Waals surface area contributed by atoms with Crippen LogP contribution < -0.4 is 14.8 Å². The minimum absolute atomic E-state index is 0.256. The van der Waals surface area contributed by atoms with Crippen LogP contribution in [0, 0.1) is 0 Å². The zero-order valence-electron chi connectivity index (χ0n) is 13.0. The predicted octanol–water partition coefficient (Wildman–Crippen LogP) is 2.76. The van der Waals surface area contributed by atoms with E-state index < -0.39 is 0 Å². The van der Waals surface area contributed by atoms with Gasteiger partial charge >= 0.3 is 0 Å². The molecule has 0 spiro atoms. The van der Waals surface area contributed by atoms with Crippen LogP contribution in [0.4, 0.5) is 0 Å². The maximum atomic E-state index is 5.44. The Morgan fingerprint density at radius 2 is 1.77 bits per heavy atom. The zero-order valence-corrected chi connectivity index (χ0v) is 13.9. The molecule has 0 saturated carbocycles. The Labute approximate surface area is 135 Å². The van der Waals surface area contributed by atoms with Crippen LogP contribution in [0.2, 0.25) is 0 Å². The number of methoxy groups -OCH3 is 2. The van der Waals surface area contributed by atoms with Crippen LogP contribution in [0.1, 0.15) is 16.5 Å². The molecule has 118 valence electrons. The molecule has 0 bridgehead atoms. The van der Waals surface area contributed by atoms with Gasteiger partial charge in [0.25, 0.3) is 0 Å². The van der Waals surface area contributed by atoms with Crippen molar-refractivity contribution in [3.8, 4) is 11.5 Å². The molecule has 1 aromatic heterocycles. The van der Waals surface area contributed by atoms with Crippen molar-refractivity contribution in [1.82, 2.24) is 10.2 Å². The normalized spacial score (nSPS) is 17.2. The first-order valence-corrected chi connectivity index (χ1v) is 8.41. The van der Waals surface area contributed by atoms with Crippen molar-refractivity contribution < 1.29 is 9.47 Å². The number of ether oxygens (including phenoxy) is 2. The molecule has 1 aliphatic rings. The molecule has 4 nitrogen and oxygen atoms in total. The number of nitrogens with one attached hydrogen (secondary N) is 1. The average molecular weight is 318 g/mol. The zero-order chi connectivity index (χ0) is 15.4. The van der Waals surface area contributed by atoms with Gasteiger partial charge in [-0.2, -0.15) is 0 Å². The van der Waals surface area contributed by atoms with Crippen molar-refractivity contribution in [3.05, 3.63) is 46.2 Å². The lowest BCUT2D eigenvalue weighted by molar-refractivity contribution is 0.200. The Morgan fingerprint density at radius 3 is 2.32 bits per heavy atom. The summed E-state index contributed by atoms with van der Waals surface area (Å²) in [5.74, 6) is 1.68. The van der Waals surface area contributed by atoms with Crippen molar-refractivity contribution in [2.75, 3.05) is 40.4 Å². The maximum Gasteiger partial charge on any atom is 0.122 e. The van der Waals surface area contributed by atoms with Gasteiger partial charge in [-0.25, -0.2) is 0 Å². The molecule has 22 heavy (non-hydrogen) atoms. The fourth-order valence-electron chi connectivity index (χ4n) is 2.93. The lowest BCUT2D eigenvalue weighted by Gasteiger charge is -2.35. The number of rotatable bonds is 5. The molecule has 1 N–H and O–H groups in total. The van der Waals surface area contributed by atoms with E-state index in [1.165, 1.54) is 10.4 Å². The van der Waals surface area contributed by atoms with Crippen molar-refractivity contribution >= 4 is 11.3 Å². The molecule has 1 aromatic carbocycles. The summed E-state index contributed by atoms with van der Waals surface area (Å²) in [6.45, 7) is 4.15. The summed E-state index contributed by atoms with van der Waals surface area (Å²) in [5.41, 5.74) is 1.22. The second-order valence-electron chi connectivity index (χ2n) is 5.35. The molecule has 1 fully saturated rings. The van der Waals surface area contributed by atoms with Gasteiger partial charge in [-0.15, -0.1) is 11.3 Å². The highest BCUT2D eigenvalue weighted by molar-refractivity contribution is 7.10. The molecule has 0 unspecified atom stereocenters. The quantitative estimate of drug-likeness (QED) is 0.919. The number of piperazine rings is 1. The third-order valence-electron chi connectivity index (χ3n) is 4.02. The summed E-state index contributed by atoms with van der Waals surface area (Å²) in [4.78, 5) is 3.88. The summed E-state index contributed by atoms with van der Waals surface area (Å²) >= 11 is 1.80. The van der Waals surface area contributed by atoms with Crippen LogP contribution in [0.3, 0.4) is 0 Å². The molecule has 1 aliphatic heterocycles. The van der Waals surface area contributed by atoms with E-state index in [9.17, 15) is 0 Å². The highest BCUT2D eigenvalue weighted by Crippen LogP contribution is 2.35. The fourth-order valence-corrected chi connectivity index (χ4v) is 3.81. The van der Waals surface area contributed by atoms with Crippen LogP contribution in [0.25, 0.3) is 0 Å². The Hall–Kier alpha value is -1.56. The molecule has 2 aromatic rings. The Kier molecular flexibility index (Phi) is 4.97. The second kappa shape index (κ2) is 7.13. The third-order valence-corrected chi connectivity index (χ3v) is 4.94. The number of hydrogen-bond acceptors (Lipinski definition) is 5. The molecule has 0 radical (unpaired) electrons. The van der Waals surface area contributed by atoms with Crippen LogP contribution in [-0.4, -0.2) is 45.3 Å². The lowest BCUT2D eigenvalue weighted by Crippen LogP contribution is -2.45. The lowest BCUT2D eigenvalue weighted by atomic mass is 10.0. The molecule has 2 heterocycles. The van der Waals surface area contributed by atoms with Crippen LogP contribution >= 0.6 is 11.3 Å². The molecule has 5 heteroatoms. The van der Waals surface area contributed by atoms with E-state index in [0.717, 1.165) is 37.7 Å². The number of benzene rings is 1. The van der Waals surface area contributed by atoms with E-state index in [4.69, 9.17) is 9.47 Å². The Bertz CT molecular complexity index is 572. The summed E-state index contributed by atoms with van der Waals surface area (Å²) in [6, 6.07) is 10.7. The predicted molar refractivity (Wildman–Crippen MR) is 90.2 cm³/mol. The molecule has 0 amide bonds. The van der Waals surface area contributed by atoms with Gasteiger partial charge in [-0.3, -0.25) is 4.90 Å². The van der Waals surface area contributed by atoms with Crippen molar-refractivity contribution in [1.29, 1.82) is 0 Å². The van der Waals surface area contributed by atoms with Gasteiger partial charge in [0.2, 0.25) is 0 Å². The van der Waals surface area contributed by atoms with Crippen LogP contribution in [0.5, 0.6) is 11.5 Å². The monoisotopic (exact) mass is 318 g/mol. The first-order chi connectivity index (χ1) is 10.8. The molecule has 0 aliphatic carbocycles. The van der Waals surface area contributed by atoms with Gasteiger partial charge in [0, 0.05) is 37.1 Å². The molecule has 1 saturated heterocycles. The topological polar surface area (TPSA) is 33.7 Å². The van der Waals surface area contributed by atoms with Crippen molar-refractivity contribution in [3.63, 3.8) is 0 Å². The van der Waals surface area contributed by atoms with Crippen molar-refractivity contribution in [2.45, 2.75) is 6.04 Å². The molecular formula is C17H22N2O2S. The van der Waals surface area contributed by atoms with E-state index in [-0.39, 0.29) is 6.04 Å². The van der Waals surface area contributed by atoms with Gasteiger partial charge in [0.1, 0.15) is 11.5 Å². The summed E-state index contributed by atoms with van der Waals surface area (Å²) in [7, 11) is 3.40. The Morgan fingerprint density at radius 1 is 1.09 bits per heavy atom. The van der Waals surface area contributed by atoms with E-state index in [1.807, 2.05) is 6.07 Å². The van der Waals surface area contributed by atoms with E-state index >= 15 is 0 Å². The maximum absolute atomic E-state index is 5.44. The number of hydrogen-bond donors (Lipinski definition) is 1.